The molecule has 1 aliphatic carbocycles. The molecule has 2 N–H and O–H groups in total. The van der Waals surface area contributed by atoms with Crippen LogP contribution in [-0.4, -0.2) is 0 Å². The van der Waals surface area contributed by atoms with Gasteiger partial charge < -0.3 is 10.2 Å². The van der Waals surface area contributed by atoms with Gasteiger partial charge in [0.05, 0.1) is 6.26 Å². The molecule has 2 nitrogen and oxygen atoms in total. The molecule has 0 amide bonds. The Morgan fingerprint density at radius 1 is 1.36 bits per heavy atom. The largest absolute Gasteiger partial charge is 0.464 e. The second-order valence-electron chi connectivity index (χ2n) is 4.25. The molecule has 2 aromatic rings. The Labute approximate surface area is 82.7 Å². The highest BCUT2D eigenvalue weighted by Gasteiger charge is 2.41. The van der Waals surface area contributed by atoms with Gasteiger partial charge in [-0.25, -0.2) is 0 Å². The SMILES string of the molecule is Cc1coc2cccc(C3(N)CC3)c12. The van der Waals surface area contributed by atoms with E-state index in [2.05, 4.69) is 13.0 Å². The van der Waals surface area contributed by atoms with Gasteiger partial charge in [0.2, 0.25) is 0 Å². The molecule has 0 radical (unpaired) electrons. The average Bonchev–Trinajstić information content (AvgIpc) is 2.83. The highest BCUT2D eigenvalue weighted by Crippen LogP contribution is 2.46. The minimum atomic E-state index is -0.0753. The Morgan fingerprint density at radius 3 is 2.86 bits per heavy atom. The highest BCUT2D eigenvalue weighted by atomic mass is 16.3. The summed E-state index contributed by atoms with van der Waals surface area (Å²) in [7, 11) is 0. The van der Waals surface area contributed by atoms with Crippen molar-refractivity contribution in [3.05, 3.63) is 35.6 Å². The third kappa shape index (κ3) is 0.946. The quantitative estimate of drug-likeness (QED) is 0.745. The maximum absolute atomic E-state index is 6.22. The smallest absolute Gasteiger partial charge is 0.134 e. The zero-order valence-electron chi connectivity index (χ0n) is 8.21. The van der Waals surface area contributed by atoms with E-state index < -0.39 is 0 Å². The summed E-state index contributed by atoms with van der Waals surface area (Å²) in [6.07, 6.45) is 3.99. The molecule has 0 spiro atoms. The molecule has 0 bridgehead atoms. The van der Waals surface area contributed by atoms with Gasteiger partial charge >= 0.3 is 0 Å². The van der Waals surface area contributed by atoms with Crippen LogP contribution in [-0.2, 0) is 5.54 Å². The van der Waals surface area contributed by atoms with Crippen molar-refractivity contribution in [1.82, 2.24) is 0 Å². The molecule has 1 heterocycles. The lowest BCUT2D eigenvalue weighted by Gasteiger charge is -2.10. The van der Waals surface area contributed by atoms with Crippen molar-refractivity contribution in [2.24, 2.45) is 5.73 Å². The summed E-state index contributed by atoms with van der Waals surface area (Å²) < 4.78 is 5.46. The predicted octanol–water partition coefficient (Wildman–Crippen LogP) is 2.69. The van der Waals surface area contributed by atoms with Crippen LogP contribution in [0, 0.1) is 6.92 Å². The zero-order chi connectivity index (χ0) is 9.76. The summed E-state index contributed by atoms with van der Waals surface area (Å²) in [5.41, 5.74) is 9.54. The van der Waals surface area contributed by atoms with E-state index in [0.717, 1.165) is 18.4 Å². The van der Waals surface area contributed by atoms with Crippen LogP contribution in [0.3, 0.4) is 0 Å². The minimum absolute atomic E-state index is 0.0753. The van der Waals surface area contributed by atoms with Gasteiger partial charge in [-0.3, -0.25) is 0 Å². The van der Waals surface area contributed by atoms with Crippen molar-refractivity contribution in [1.29, 1.82) is 0 Å². The molecule has 0 unspecified atom stereocenters. The fourth-order valence-corrected chi connectivity index (χ4v) is 2.07. The summed E-state index contributed by atoms with van der Waals surface area (Å²) in [6.45, 7) is 2.07. The van der Waals surface area contributed by atoms with Crippen LogP contribution in [0.5, 0.6) is 0 Å². The van der Waals surface area contributed by atoms with E-state index in [4.69, 9.17) is 10.2 Å². The second kappa shape index (κ2) is 2.39. The van der Waals surface area contributed by atoms with E-state index in [1.807, 2.05) is 12.1 Å². The Balaban J connectivity index is 2.37. The summed E-state index contributed by atoms with van der Waals surface area (Å²) in [5.74, 6) is 0. The first kappa shape index (κ1) is 8.06. The molecule has 1 aromatic carbocycles. The molecule has 1 fully saturated rings. The number of aryl methyl sites for hydroxylation is 1. The summed E-state index contributed by atoms with van der Waals surface area (Å²) >= 11 is 0. The number of rotatable bonds is 1. The van der Waals surface area contributed by atoms with Gasteiger partial charge in [0, 0.05) is 10.9 Å². The number of furan rings is 1. The third-order valence-electron chi connectivity index (χ3n) is 3.11. The Morgan fingerprint density at radius 2 is 2.14 bits per heavy atom. The van der Waals surface area contributed by atoms with Crippen LogP contribution >= 0.6 is 0 Å². The number of hydrogen-bond donors (Lipinski definition) is 1. The first-order valence-electron chi connectivity index (χ1n) is 4.97. The van der Waals surface area contributed by atoms with Crippen molar-refractivity contribution in [2.45, 2.75) is 25.3 Å². The maximum Gasteiger partial charge on any atom is 0.134 e. The monoisotopic (exact) mass is 187 g/mol. The standard InChI is InChI=1S/C12H13NO/c1-8-7-14-10-4-2-3-9(11(8)10)12(13)5-6-12/h2-4,7H,5-6,13H2,1H3. The van der Waals surface area contributed by atoms with Gasteiger partial charge in [0.1, 0.15) is 5.58 Å². The zero-order valence-corrected chi connectivity index (χ0v) is 8.21. The van der Waals surface area contributed by atoms with Crippen LogP contribution in [0.1, 0.15) is 24.0 Å². The minimum Gasteiger partial charge on any atom is -0.464 e. The lowest BCUT2D eigenvalue weighted by Crippen LogP contribution is -2.18. The van der Waals surface area contributed by atoms with Crippen LogP contribution in [0.25, 0.3) is 11.0 Å². The van der Waals surface area contributed by atoms with Crippen molar-refractivity contribution in [3.63, 3.8) is 0 Å². The van der Waals surface area contributed by atoms with Crippen LogP contribution < -0.4 is 5.73 Å². The first-order valence-corrected chi connectivity index (χ1v) is 4.97. The van der Waals surface area contributed by atoms with E-state index in [9.17, 15) is 0 Å². The van der Waals surface area contributed by atoms with Crippen molar-refractivity contribution >= 4 is 11.0 Å². The van der Waals surface area contributed by atoms with Gasteiger partial charge in [0.15, 0.2) is 0 Å². The van der Waals surface area contributed by atoms with Gasteiger partial charge in [-0.1, -0.05) is 12.1 Å². The van der Waals surface area contributed by atoms with Crippen molar-refractivity contribution < 1.29 is 4.42 Å². The van der Waals surface area contributed by atoms with Gasteiger partial charge in [-0.15, -0.1) is 0 Å². The predicted molar refractivity (Wildman–Crippen MR) is 56.1 cm³/mol. The van der Waals surface area contributed by atoms with Crippen molar-refractivity contribution in [3.8, 4) is 0 Å². The van der Waals surface area contributed by atoms with Gasteiger partial charge in [-0.05, 0) is 37.0 Å². The lowest BCUT2D eigenvalue weighted by atomic mass is 9.99. The average molecular weight is 187 g/mol. The van der Waals surface area contributed by atoms with E-state index in [-0.39, 0.29) is 5.54 Å². The molecule has 0 atom stereocenters. The fraction of sp³-hybridized carbons (Fsp3) is 0.333. The van der Waals surface area contributed by atoms with Crippen LogP contribution in [0.15, 0.2) is 28.9 Å². The summed E-state index contributed by atoms with van der Waals surface area (Å²) in [5, 5.41) is 1.22. The van der Waals surface area contributed by atoms with Gasteiger partial charge in [-0.2, -0.15) is 0 Å². The number of fused-ring (bicyclic) bond motifs is 1. The Bertz CT molecular complexity index is 494. The molecule has 0 saturated heterocycles. The van der Waals surface area contributed by atoms with Crippen LogP contribution in [0.2, 0.25) is 0 Å². The van der Waals surface area contributed by atoms with E-state index >= 15 is 0 Å². The number of benzene rings is 1. The Hall–Kier alpha value is -1.28. The molecule has 2 heteroatoms. The van der Waals surface area contributed by atoms with E-state index in [1.54, 1.807) is 6.26 Å². The van der Waals surface area contributed by atoms with Crippen LogP contribution in [0.4, 0.5) is 0 Å². The molecule has 1 saturated carbocycles. The normalized spacial score (nSPS) is 18.7. The molecular weight excluding hydrogens is 174 g/mol. The maximum atomic E-state index is 6.22. The molecule has 1 aromatic heterocycles. The third-order valence-corrected chi connectivity index (χ3v) is 3.11. The second-order valence-corrected chi connectivity index (χ2v) is 4.25. The van der Waals surface area contributed by atoms with E-state index in [1.165, 1.54) is 16.5 Å². The molecule has 14 heavy (non-hydrogen) atoms. The topological polar surface area (TPSA) is 39.2 Å². The van der Waals surface area contributed by atoms with E-state index in [0.29, 0.717) is 0 Å². The number of hydrogen-bond acceptors (Lipinski definition) is 2. The molecule has 0 aliphatic heterocycles. The van der Waals surface area contributed by atoms with Crippen molar-refractivity contribution in [2.75, 3.05) is 0 Å². The Kier molecular flexibility index (Phi) is 1.38. The highest BCUT2D eigenvalue weighted by molar-refractivity contribution is 5.85. The fourth-order valence-electron chi connectivity index (χ4n) is 2.07. The van der Waals surface area contributed by atoms with Gasteiger partial charge in [0.25, 0.3) is 0 Å². The summed E-state index contributed by atoms with van der Waals surface area (Å²) in [4.78, 5) is 0. The first-order chi connectivity index (χ1) is 6.71. The summed E-state index contributed by atoms with van der Waals surface area (Å²) in [6, 6.07) is 6.14. The number of nitrogens with two attached hydrogens (primary N) is 1. The molecule has 72 valence electrons. The lowest BCUT2D eigenvalue weighted by molar-refractivity contribution is 0.612. The molecular formula is C12H13NO. The molecule has 3 rings (SSSR count). The molecule has 1 aliphatic rings.